The molecule has 0 amide bonds. The zero-order valence-electron chi connectivity index (χ0n) is 13.5. The van der Waals surface area contributed by atoms with E-state index in [4.69, 9.17) is 0 Å². The lowest BCUT2D eigenvalue weighted by atomic mass is 10.0. The van der Waals surface area contributed by atoms with Crippen molar-refractivity contribution in [1.82, 2.24) is 25.0 Å². The zero-order valence-corrected chi connectivity index (χ0v) is 13.5. The maximum Gasteiger partial charge on any atom is 0.175 e. The summed E-state index contributed by atoms with van der Waals surface area (Å²) < 4.78 is 1.68. The third-order valence-corrected chi connectivity index (χ3v) is 3.66. The summed E-state index contributed by atoms with van der Waals surface area (Å²) in [7, 11) is 0. The van der Waals surface area contributed by atoms with E-state index in [0.717, 1.165) is 11.4 Å². The third-order valence-electron chi connectivity index (χ3n) is 3.66. The Morgan fingerprint density at radius 3 is 2.71 bits per heavy atom. The van der Waals surface area contributed by atoms with Crippen molar-refractivity contribution < 1.29 is 5.11 Å². The van der Waals surface area contributed by atoms with E-state index in [2.05, 4.69) is 25.6 Å². The highest BCUT2D eigenvalue weighted by atomic mass is 16.3. The fourth-order valence-electron chi connectivity index (χ4n) is 2.35. The van der Waals surface area contributed by atoms with Crippen LogP contribution in [-0.2, 0) is 6.42 Å². The number of hydrogen-bond donors (Lipinski definition) is 2. The zero-order chi connectivity index (χ0) is 16.8. The van der Waals surface area contributed by atoms with Crippen LogP contribution in [0.3, 0.4) is 0 Å². The number of anilines is 1. The van der Waals surface area contributed by atoms with E-state index in [1.165, 1.54) is 0 Å². The molecule has 0 aromatic carbocycles. The highest BCUT2D eigenvalue weighted by molar-refractivity contribution is 5.36. The van der Waals surface area contributed by atoms with Crippen molar-refractivity contribution in [2.24, 2.45) is 5.92 Å². The quantitative estimate of drug-likeness (QED) is 0.687. The van der Waals surface area contributed by atoms with Gasteiger partial charge in [-0.05, 0) is 43.7 Å². The number of aliphatic hydroxyl groups is 1. The Morgan fingerprint density at radius 1 is 1.17 bits per heavy atom. The minimum atomic E-state index is 0.0649. The first-order chi connectivity index (χ1) is 11.7. The van der Waals surface area contributed by atoms with Gasteiger partial charge in [0.2, 0.25) is 0 Å². The third kappa shape index (κ3) is 4.14. The SMILES string of the molecule is Cc1ccn(-c2ccc(NCC(CO)Cc3ccccn3)nn2)n1. The van der Waals surface area contributed by atoms with Gasteiger partial charge in [0.1, 0.15) is 5.82 Å². The first-order valence-corrected chi connectivity index (χ1v) is 7.85. The van der Waals surface area contributed by atoms with E-state index in [1.54, 1.807) is 10.9 Å². The van der Waals surface area contributed by atoms with Crippen LogP contribution < -0.4 is 5.32 Å². The molecule has 3 rings (SSSR count). The number of nitrogens with zero attached hydrogens (tertiary/aromatic N) is 5. The molecule has 0 radical (unpaired) electrons. The Morgan fingerprint density at radius 2 is 2.08 bits per heavy atom. The van der Waals surface area contributed by atoms with E-state index in [1.807, 2.05) is 49.5 Å². The summed E-state index contributed by atoms with van der Waals surface area (Å²) in [5.74, 6) is 1.40. The van der Waals surface area contributed by atoms with Crippen LogP contribution in [0.1, 0.15) is 11.4 Å². The molecule has 3 aromatic rings. The fourth-order valence-corrected chi connectivity index (χ4v) is 2.35. The van der Waals surface area contributed by atoms with Crippen molar-refractivity contribution >= 4 is 5.82 Å². The Labute approximate surface area is 140 Å². The smallest absolute Gasteiger partial charge is 0.175 e. The van der Waals surface area contributed by atoms with Crippen LogP contribution >= 0.6 is 0 Å². The summed E-state index contributed by atoms with van der Waals surface area (Å²) in [6.07, 6.45) is 4.32. The number of aliphatic hydroxyl groups excluding tert-OH is 1. The number of aryl methyl sites for hydroxylation is 1. The van der Waals surface area contributed by atoms with Crippen LogP contribution in [0.2, 0.25) is 0 Å². The lowest BCUT2D eigenvalue weighted by Crippen LogP contribution is -2.21. The Balaban J connectivity index is 1.57. The monoisotopic (exact) mass is 324 g/mol. The maximum atomic E-state index is 9.55. The molecule has 3 heterocycles. The summed E-state index contributed by atoms with van der Waals surface area (Å²) in [4.78, 5) is 4.29. The molecule has 0 aliphatic rings. The van der Waals surface area contributed by atoms with Crippen LogP contribution in [0.25, 0.3) is 5.82 Å². The number of hydrogen-bond acceptors (Lipinski definition) is 6. The highest BCUT2D eigenvalue weighted by Crippen LogP contribution is 2.10. The van der Waals surface area contributed by atoms with E-state index in [0.29, 0.717) is 24.6 Å². The van der Waals surface area contributed by atoms with E-state index in [9.17, 15) is 5.11 Å². The predicted octanol–water partition coefficient (Wildman–Crippen LogP) is 1.63. The summed E-state index contributed by atoms with van der Waals surface area (Å²) in [6.45, 7) is 2.61. The predicted molar refractivity (Wildman–Crippen MR) is 90.9 cm³/mol. The molecule has 24 heavy (non-hydrogen) atoms. The summed E-state index contributed by atoms with van der Waals surface area (Å²) in [6, 6.07) is 11.4. The maximum absolute atomic E-state index is 9.55. The average molecular weight is 324 g/mol. The van der Waals surface area contributed by atoms with Gasteiger partial charge >= 0.3 is 0 Å². The van der Waals surface area contributed by atoms with Gasteiger partial charge in [0.25, 0.3) is 0 Å². The van der Waals surface area contributed by atoms with E-state index in [-0.39, 0.29) is 12.5 Å². The minimum Gasteiger partial charge on any atom is -0.396 e. The number of aromatic nitrogens is 5. The van der Waals surface area contributed by atoms with Gasteiger partial charge in [0, 0.05) is 37.2 Å². The lowest BCUT2D eigenvalue weighted by Gasteiger charge is -2.14. The summed E-state index contributed by atoms with van der Waals surface area (Å²) in [5, 5.41) is 25.4. The van der Waals surface area contributed by atoms with Gasteiger partial charge in [0.05, 0.1) is 5.69 Å². The highest BCUT2D eigenvalue weighted by Gasteiger charge is 2.10. The Bertz CT molecular complexity index is 756. The van der Waals surface area contributed by atoms with Crippen LogP contribution in [0.4, 0.5) is 5.82 Å². The van der Waals surface area contributed by atoms with Crippen molar-refractivity contribution in [1.29, 1.82) is 0 Å². The van der Waals surface area contributed by atoms with Gasteiger partial charge in [-0.3, -0.25) is 4.98 Å². The second-order valence-corrected chi connectivity index (χ2v) is 5.63. The molecule has 0 saturated heterocycles. The van der Waals surface area contributed by atoms with Crippen molar-refractivity contribution in [3.05, 3.63) is 60.2 Å². The van der Waals surface area contributed by atoms with Crippen LogP contribution in [0, 0.1) is 12.8 Å². The van der Waals surface area contributed by atoms with Crippen LogP contribution in [0.5, 0.6) is 0 Å². The van der Waals surface area contributed by atoms with Crippen molar-refractivity contribution in [2.45, 2.75) is 13.3 Å². The van der Waals surface area contributed by atoms with Gasteiger partial charge in [-0.15, -0.1) is 10.2 Å². The molecule has 3 aromatic heterocycles. The first kappa shape index (κ1) is 16.1. The molecule has 0 fully saturated rings. The standard InChI is InChI=1S/C17H20N6O/c1-13-7-9-23(22-13)17-6-5-16(20-21-17)19-11-14(12-24)10-15-4-2-3-8-18-15/h2-9,14,24H,10-12H2,1H3,(H,19,20). The van der Waals surface area contributed by atoms with E-state index < -0.39 is 0 Å². The summed E-state index contributed by atoms with van der Waals surface area (Å²) in [5.41, 5.74) is 1.90. The molecule has 0 spiro atoms. The van der Waals surface area contributed by atoms with Crippen molar-refractivity contribution in [2.75, 3.05) is 18.5 Å². The number of rotatable bonds is 7. The van der Waals surface area contributed by atoms with Gasteiger partial charge < -0.3 is 10.4 Å². The van der Waals surface area contributed by atoms with Gasteiger partial charge in [-0.1, -0.05) is 6.07 Å². The molecular formula is C17H20N6O. The van der Waals surface area contributed by atoms with Gasteiger partial charge in [0.15, 0.2) is 5.82 Å². The lowest BCUT2D eigenvalue weighted by molar-refractivity contribution is 0.232. The molecular weight excluding hydrogens is 304 g/mol. The Kier molecular flexibility index (Phi) is 5.12. The second kappa shape index (κ2) is 7.65. The summed E-state index contributed by atoms with van der Waals surface area (Å²) >= 11 is 0. The molecule has 0 aliphatic carbocycles. The molecule has 0 aliphatic heterocycles. The van der Waals surface area contributed by atoms with Gasteiger partial charge in [-0.25, -0.2) is 4.68 Å². The second-order valence-electron chi connectivity index (χ2n) is 5.63. The fraction of sp³-hybridized carbons (Fsp3) is 0.294. The molecule has 0 bridgehead atoms. The minimum absolute atomic E-state index is 0.0649. The Hall–Kier alpha value is -2.80. The van der Waals surface area contributed by atoms with Gasteiger partial charge in [-0.2, -0.15) is 5.10 Å². The normalized spacial score (nSPS) is 12.1. The molecule has 7 nitrogen and oxygen atoms in total. The van der Waals surface area contributed by atoms with Crippen molar-refractivity contribution in [3.63, 3.8) is 0 Å². The van der Waals surface area contributed by atoms with Crippen LogP contribution in [0.15, 0.2) is 48.8 Å². The molecule has 1 unspecified atom stereocenters. The van der Waals surface area contributed by atoms with Crippen molar-refractivity contribution in [3.8, 4) is 5.82 Å². The molecule has 0 saturated carbocycles. The largest absolute Gasteiger partial charge is 0.396 e. The molecule has 2 N–H and O–H groups in total. The molecule has 7 heteroatoms. The molecule has 124 valence electrons. The van der Waals surface area contributed by atoms with E-state index >= 15 is 0 Å². The number of pyridine rings is 1. The number of nitrogens with one attached hydrogen (secondary N) is 1. The molecule has 1 atom stereocenters. The topological polar surface area (TPSA) is 88.8 Å². The van der Waals surface area contributed by atoms with Crippen LogP contribution in [-0.4, -0.2) is 43.2 Å². The first-order valence-electron chi connectivity index (χ1n) is 7.85. The average Bonchev–Trinajstić information content (AvgIpc) is 3.06.